The van der Waals surface area contributed by atoms with Crippen LogP contribution in [0.1, 0.15) is 18.0 Å². The predicted octanol–water partition coefficient (Wildman–Crippen LogP) is 3.09. The summed E-state index contributed by atoms with van der Waals surface area (Å²) in [5.74, 6) is -1.08. The summed E-state index contributed by atoms with van der Waals surface area (Å²) >= 11 is 3.16. The van der Waals surface area contributed by atoms with E-state index in [0.29, 0.717) is 24.0 Å². The number of hydrogen-bond donors (Lipinski definition) is 1. The molecule has 1 aromatic rings. The fourth-order valence-electron chi connectivity index (χ4n) is 1.61. The van der Waals surface area contributed by atoms with Crippen LogP contribution in [0.2, 0.25) is 0 Å². The number of halogens is 2. The van der Waals surface area contributed by atoms with Crippen molar-refractivity contribution in [3.05, 3.63) is 44.5 Å². The van der Waals surface area contributed by atoms with Crippen molar-refractivity contribution in [1.82, 2.24) is 5.32 Å². The first kappa shape index (κ1) is 16.4. The van der Waals surface area contributed by atoms with Crippen LogP contribution in [0.3, 0.4) is 0 Å². The van der Waals surface area contributed by atoms with E-state index in [1.165, 1.54) is 19.2 Å². The third kappa shape index (κ3) is 4.80. The third-order valence-electron chi connectivity index (χ3n) is 2.56. The van der Waals surface area contributed by atoms with Crippen LogP contribution in [0.15, 0.2) is 27.8 Å². The number of hydrogen-bond acceptors (Lipinski definition) is 4. The minimum atomic E-state index is -0.890. The van der Waals surface area contributed by atoms with Crippen LogP contribution in [0.25, 0.3) is 10.4 Å². The van der Waals surface area contributed by atoms with Crippen molar-refractivity contribution in [3.63, 3.8) is 0 Å². The number of nitrogens with zero attached hydrogens (tertiary/aromatic N) is 3. The molecule has 0 saturated carbocycles. The van der Waals surface area contributed by atoms with Crippen molar-refractivity contribution < 1.29 is 13.9 Å². The molecule has 108 valence electrons. The number of azide groups is 1. The molecule has 0 aliphatic carbocycles. The zero-order chi connectivity index (χ0) is 15.0. The molecule has 0 radical (unpaired) electrons. The topological polar surface area (TPSA) is 87.1 Å². The molecule has 20 heavy (non-hydrogen) atoms. The van der Waals surface area contributed by atoms with Gasteiger partial charge in [-0.25, -0.2) is 9.18 Å². The van der Waals surface area contributed by atoms with Crippen LogP contribution in [0, 0.1) is 5.82 Å². The molecule has 1 atom stereocenters. The molecule has 0 amide bonds. The highest BCUT2D eigenvalue weighted by molar-refractivity contribution is 9.10. The minimum absolute atomic E-state index is 0.212. The summed E-state index contributed by atoms with van der Waals surface area (Å²) in [6.45, 7) is 0.703. The molecule has 1 rings (SSSR count). The van der Waals surface area contributed by atoms with E-state index in [1.807, 2.05) is 0 Å². The molecule has 0 spiro atoms. The summed E-state index contributed by atoms with van der Waals surface area (Å²) in [4.78, 5) is 14.4. The van der Waals surface area contributed by atoms with Gasteiger partial charge in [-0.15, -0.1) is 0 Å². The van der Waals surface area contributed by atoms with Crippen molar-refractivity contribution in [2.24, 2.45) is 5.11 Å². The number of nitrogens with one attached hydrogen (secondary N) is 1. The Morgan fingerprint density at radius 2 is 2.40 bits per heavy atom. The maximum absolute atomic E-state index is 13.9. The highest BCUT2D eigenvalue weighted by atomic mass is 79.9. The predicted molar refractivity (Wildman–Crippen MR) is 75.5 cm³/mol. The van der Waals surface area contributed by atoms with Gasteiger partial charge in [0.25, 0.3) is 0 Å². The van der Waals surface area contributed by atoms with Crippen molar-refractivity contribution in [1.29, 1.82) is 0 Å². The lowest BCUT2D eigenvalue weighted by atomic mass is 10.1. The van der Waals surface area contributed by atoms with Gasteiger partial charge in [0.1, 0.15) is 11.9 Å². The Morgan fingerprint density at radius 1 is 1.65 bits per heavy atom. The van der Waals surface area contributed by atoms with Gasteiger partial charge in [0.05, 0.1) is 7.11 Å². The fraction of sp³-hybridized carbons (Fsp3) is 0.417. The van der Waals surface area contributed by atoms with Gasteiger partial charge >= 0.3 is 5.97 Å². The molecular weight excluding hydrogens is 331 g/mol. The van der Waals surface area contributed by atoms with Crippen LogP contribution < -0.4 is 5.32 Å². The second kappa shape index (κ2) is 8.52. The van der Waals surface area contributed by atoms with E-state index in [-0.39, 0.29) is 5.56 Å². The third-order valence-corrected chi connectivity index (χ3v) is 3.05. The molecule has 0 saturated heterocycles. The summed E-state index contributed by atoms with van der Waals surface area (Å²) in [6.07, 6.45) is 0.537. The Labute approximate surface area is 124 Å². The lowest BCUT2D eigenvalue weighted by Crippen LogP contribution is -2.31. The Kier molecular flexibility index (Phi) is 7.00. The lowest BCUT2D eigenvalue weighted by molar-refractivity contribution is -0.143. The largest absolute Gasteiger partial charge is 0.468 e. The highest BCUT2D eigenvalue weighted by Crippen LogP contribution is 2.22. The van der Waals surface area contributed by atoms with Gasteiger partial charge in [0, 0.05) is 21.5 Å². The van der Waals surface area contributed by atoms with Gasteiger partial charge in [-0.2, -0.15) is 0 Å². The van der Waals surface area contributed by atoms with Crippen LogP contribution >= 0.6 is 15.9 Å². The molecule has 0 bridgehead atoms. The number of carbonyl (C=O) groups excluding carboxylic acids is 1. The normalized spacial score (nSPS) is 11.6. The summed E-state index contributed by atoms with van der Waals surface area (Å²) in [7, 11) is 1.24. The molecule has 8 heteroatoms. The molecule has 0 aromatic heterocycles. The molecule has 6 nitrogen and oxygen atoms in total. The van der Waals surface area contributed by atoms with Gasteiger partial charge in [0.2, 0.25) is 0 Å². The monoisotopic (exact) mass is 344 g/mol. The fourth-order valence-corrected chi connectivity index (χ4v) is 1.95. The van der Waals surface area contributed by atoms with Crippen LogP contribution in [0.4, 0.5) is 4.39 Å². The Bertz CT molecular complexity index is 520. The van der Waals surface area contributed by atoms with Crippen molar-refractivity contribution in [2.75, 3.05) is 20.2 Å². The Morgan fingerprint density at radius 3 is 3.00 bits per heavy atom. The first-order valence-corrected chi connectivity index (χ1v) is 6.66. The van der Waals surface area contributed by atoms with Gasteiger partial charge in [-0.1, -0.05) is 27.1 Å². The second-order valence-electron chi connectivity index (χ2n) is 3.88. The smallest absolute Gasteiger partial charge is 0.327 e. The number of esters is 1. The van der Waals surface area contributed by atoms with Crippen LogP contribution in [-0.2, 0) is 9.53 Å². The van der Waals surface area contributed by atoms with Gasteiger partial charge in [0.15, 0.2) is 0 Å². The number of carbonyl (C=O) groups is 1. The SMILES string of the molecule is COC(=O)C(NCCCN=[N+]=[N-])c1ccc(Br)cc1F. The first-order valence-electron chi connectivity index (χ1n) is 5.87. The van der Waals surface area contributed by atoms with E-state index in [0.717, 1.165) is 0 Å². The zero-order valence-electron chi connectivity index (χ0n) is 10.8. The molecule has 0 heterocycles. The van der Waals surface area contributed by atoms with Gasteiger partial charge in [-0.3, -0.25) is 0 Å². The molecule has 0 aliphatic rings. The van der Waals surface area contributed by atoms with Crippen molar-refractivity contribution >= 4 is 21.9 Å². The molecule has 1 aromatic carbocycles. The van der Waals surface area contributed by atoms with E-state index < -0.39 is 17.8 Å². The lowest BCUT2D eigenvalue weighted by Gasteiger charge is -2.17. The second-order valence-corrected chi connectivity index (χ2v) is 4.80. The molecule has 0 aliphatic heterocycles. The van der Waals surface area contributed by atoms with E-state index >= 15 is 0 Å². The highest BCUT2D eigenvalue weighted by Gasteiger charge is 2.23. The van der Waals surface area contributed by atoms with Crippen molar-refractivity contribution in [2.45, 2.75) is 12.5 Å². The van der Waals surface area contributed by atoms with Crippen LogP contribution in [0.5, 0.6) is 0 Å². The van der Waals surface area contributed by atoms with Crippen LogP contribution in [-0.4, -0.2) is 26.2 Å². The minimum Gasteiger partial charge on any atom is -0.468 e. The van der Waals surface area contributed by atoms with Gasteiger partial charge < -0.3 is 10.1 Å². The molecule has 1 unspecified atom stereocenters. The number of rotatable bonds is 7. The zero-order valence-corrected chi connectivity index (χ0v) is 12.4. The van der Waals surface area contributed by atoms with E-state index in [2.05, 4.69) is 36.0 Å². The van der Waals surface area contributed by atoms with E-state index in [9.17, 15) is 9.18 Å². The summed E-state index contributed by atoms with van der Waals surface area (Å²) in [5.41, 5.74) is 8.36. The standard InChI is InChI=1S/C12H14BrFN4O2/c1-20-12(19)11(16-5-2-6-17-18-15)9-4-3-8(13)7-10(9)14/h3-4,7,11,16H,2,5-6H2,1H3. The number of benzene rings is 1. The Hall–Kier alpha value is -1.63. The average Bonchev–Trinajstić information content (AvgIpc) is 2.43. The number of methoxy groups -OCH3 is 1. The summed E-state index contributed by atoms with van der Waals surface area (Å²) in [6, 6.07) is 3.56. The average molecular weight is 345 g/mol. The molecule has 0 fully saturated rings. The quantitative estimate of drug-likeness (QED) is 0.271. The molecule has 1 N–H and O–H groups in total. The van der Waals surface area contributed by atoms with E-state index in [4.69, 9.17) is 5.53 Å². The maximum atomic E-state index is 13.9. The maximum Gasteiger partial charge on any atom is 0.327 e. The Balaban J connectivity index is 2.78. The van der Waals surface area contributed by atoms with Gasteiger partial charge in [-0.05, 0) is 30.6 Å². The van der Waals surface area contributed by atoms with E-state index in [1.54, 1.807) is 6.07 Å². The molecular formula is C12H14BrFN4O2. The number of ether oxygens (including phenoxy) is 1. The first-order chi connectivity index (χ1) is 9.60. The van der Waals surface area contributed by atoms with Crippen molar-refractivity contribution in [3.8, 4) is 0 Å². The summed E-state index contributed by atoms with van der Waals surface area (Å²) in [5, 5.41) is 6.27. The summed E-state index contributed by atoms with van der Waals surface area (Å²) < 4.78 is 19.1.